The minimum atomic E-state index is -1.08. The van der Waals surface area contributed by atoms with Crippen molar-refractivity contribution in [2.75, 3.05) is 26.8 Å². The molecule has 132 valence electrons. The number of likely N-dealkylation sites (tertiary alicyclic amines) is 1. The molecule has 1 unspecified atom stereocenters. The molecule has 24 heavy (non-hydrogen) atoms. The number of amides is 1. The SMILES string of the molecule is COCC1(C(=O)O)CCCN(C(=O)c2[nH]c(C)c(C(C)=O)c2C)C1. The quantitative estimate of drug-likeness (QED) is 0.799. The minimum absolute atomic E-state index is 0.0630. The summed E-state index contributed by atoms with van der Waals surface area (Å²) in [7, 11) is 1.46. The van der Waals surface area contributed by atoms with Crippen LogP contribution in [-0.2, 0) is 9.53 Å². The lowest BCUT2D eigenvalue weighted by atomic mass is 9.80. The molecular formula is C17H24N2O5. The van der Waals surface area contributed by atoms with Gasteiger partial charge in [0.05, 0.1) is 6.61 Å². The van der Waals surface area contributed by atoms with Gasteiger partial charge in [0.1, 0.15) is 11.1 Å². The van der Waals surface area contributed by atoms with Gasteiger partial charge in [-0.3, -0.25) is 14.4 Å². The minimum Gasteiger partial charge on any atom is -0.481 e. The van der Waals surface area contributed by atoms with Crippen LogP contribution in [0.5, 0.6) is 0 Å². The molecule has 1 amide bonds. The number of nitrogens with one attached hydrogen (secondary N) is 1. The predicted octanol–water partition coefficient (Wildman–Crippen LogP) is 1.79. The van der Waals surface area contributed by atoms with Crippen molar-refractivity contribution in [2.24, 2.45) is 5.41 Å². The van der Waals surface area contributed by atoms with Crippen LogP contribution in [0.25, 0.3) is 0 Å². The molecule has 2 heterocycles. The zero-order valence-corrected chi connectivity index (χ0v) is 14.6. The maximum atomic E-state index is 12.9. The Morgan fingerprint density at radius 1 is 1.33 bits per heavy atom. The van der Waals surface area contributed by atoms with Gasteiger partial charge >= 0.3 is 5.97 Å². The van der Waals surface area contributed by atoms with Gasteiger partial charge in [-0.1, -0.05) is 0 Å². The predicted molar refractivity (Wildman–Crippen MR) is 87.4 cm³/mol. The van der Waals surface area contributed by atoms with Crippen LogP contribution in [0.3, 0.4) is 0 Å². The fourth-order valence-corrected chi connectivity index (χ4v) is 3.59. The number of aryl methyl sites for hydroxylation is 1. The number of hydrogen-bond acceptors (Lipinski definition) is 4. The maximum Gasteiger partial charge on any atom is 0.313 e. The average Bonchev–Trinajstić information content (AvgIpc) is 2.81. The molecule has 7 heteroatoms. The van der Waals surface area contributed by atoms with Crippen LogP contribution in [0, 0.1) is 19.3 Å². The van der Waals surface area contributed by atoms with Crippen LogP contribution in [-0.4, -0.2) is 59.5 Å². The topological polar surface area (TPSA) is 99.7 Å². The number of ketones is 1. The van der Waals surface area contributed by atoms with Gasteiger partial charge in [-0.25, -0.2) is 0 Å². The number of ether oxygens (including phenoxy) is 1. The van der Waals surface area contributed by atoms with E-state index in [2.05, 4.69) is 4.98 Å². The third kappa shape index (κ3) is 3.08. The summed E-state index contributed by atoms with van der Waals surface area (Å²) in [6.45, 7) is 5.60. The van der Waals surface area contributed by atoms with E-state index in [1.807, 2.05) is 0 Å². The highest BCUT2D eigenvalue weighted by molar-refractivity contribution is 6.02. The van der Waals surface area contributed by atoms with Crippen molar-refractivity contribution in [2.45, 2.75) is 33.6 Å². The third-order valence-corrected chi connectivity index (χ3v) is 4.74. The van der Waals surface area contributed by atoms with Crippen molar-refractivity contribution < 1.29 is 24.2 Å². The van der Waals surface area contributed by atoms with E-state index in [9.17, 15) is 19.5 Å². The Morgan fingerprint density at radius 3 is 2.50 bits per heavy atom. The van der Waals surface area contributed by atoms with Crippen molar-refractivity contribution >= 4 is 17.7 Å². The van der Waals surface area contributed by atoms with Gasteiger partial charge in [-0.15, -0.1) is 0 Å². The highest BCUT2D eigenvalue weighted by Gasteiger charge is 2.44. The van der Waals surface area contributed by atoms with E-state index in [1.165, 1.54) is 14.0 Å². The zero-order valence-electron chi connectivity index (χ0n) is 14.6. The van der Waals surface area contributed by atoms with Crippen molar-refractivity contribution in [1.29, 1.82) is 0 Å². The van der Waals surface area contributed by atoms with E-state index < -0.39 is 11.4 Å². The number of hydrogen-bond donors (Lipinski definition) is 2. The Morgan fingerprint density at radius 2 is 2.00 bits per heavy atom. The first-order valence-electron chi connectivity index (χ1n) is 7.95. The number of aliphatic carboxylic acids is 1. The average molecular weight is 336 g/mol. The summed E-state index contributed by atoms with van der Waals surface area (Å²) in [6, 6.07) is 0. The number of aromatic amines is 1. The second-order valence-corrected chi connectivity index (χ2v) is 6.53. The first-order chi connectivity index (χ1) is 11.2. The van der Waals surface area contributed by atoms with Crippen molar-refractivity contribution in [1.82, 2.24) is 9.88 Å². The van der Waals surface area contributed by atoms with Gasteiger partial charge in [0.25, 0.3) is 5.91 Å². The van der Waals surface area contributed by atoms with Crippen molar-refractivity contribution in [3.8, 4) is 0 Å². The fourth-order valence-electron chi connectivity index (χ4n) is 3.59. The molecule has 7 nitrogen and oxygen atoms in total. The molecule has 1 aromatic rings. The number of Topliss-reactive ketones (excluding diaryl/α,β-unsaturated/α-hetero) is 1. The smallest absolute Gasteiger partial charge is 0.313 e. The monoisotopic (exact) mass is 336 g/mol. The number of aromatic nitrogens is 1. The Kier molecular flexibility index (Phi) is 5.13. The first-order valence-corrected chi connectivity index (χ1v) is 7.95. The van der Waals surface area contributed by atoms with Crippen LogP contribution in [0.15, 0.2) is 0 Å². The summed E-state index contributed by atoms with van der Waals surface area (Å²) in [4.78, 5) is 40.9. The van der Waals surface area contributed by atoms with Gasteiger partial charge in [-0.05, 0) is 39.2 Å². The third-order valence-electron chi connectivity index (χ3n) is 4.74. The van der Waals surface area contributed by atoms with E-state index in [0.29, 0.717) is 41.9 Å². The molecule has 1 atom stereocenters. The number of methoxy groups -OCH3 is 1. The van der Waals surface area contributed by atoms with Gasteiger partial charge < -0.3 is 19.7 Å². The summed E-state index contributed by atoms with van der Waals surface area (Å²) in [5.74, 6) is -1.33. The molecular weight excluding hydrogens is 312 g/mol. The molecule has 0 aliphatic carbocycles. The van der Waals surface area contributed by atoms with Gasteiger partial charge in [0.15, 0.2) is 5.78 Å². The van der Waals surface area contributed by atoms with E-state index in [0.717, 1.165) is 0 Å². The van der Waals surface area contributed by atoms with E-state index in [1.54, 1.807) is 18.7 Å². The molecule has 1 saturated heterocycles. The highest BCUT2D eigenvalue weighted by Crippen LogP contribution is 2.32. The standard InChI is InChI=1S/C17H24N2O5/c1-10-13(12(3)20)11(2)18-14(10)15(21)19-7-5-6-17(8-19,9-24-4)16(22)23/h18H,5-9H2,1-4H3,(H,22,23). The summed E-state index contributed by atoms with van der Waals surface area (Å²) in [5, 5.41) is 9.60. The van der Waals surface area contributed by atoms with Gasteiger partial charge in [-0.2, -0.15) is 0 Å². The molecule has 0 bridgehead atoms. The van der Waals surface area contributed by atoms with Gasteiger partial charge in [0, 0.05) is 31.5 Å². The largest absolute Gasteiger partial charge is 0.481 e. The molecule has 2 rings (SSSR count). The summed E-state index contributed by atoms with van der Waals surface area (Å²) >= 11 is 0. The van der Waals surface area contributed by atoms with Crippen LogP contribution in [0.2, 0.25) is 0 Å². The van der Waals surface area contributed by atoms with Crippen LogP contribution >= 0.6 is 0 Å². The zero-order chi connectivity index (χ0) is 18.1. The van der Waals surface area contributed by atoms with E-state index in [-0.39, 0.29) is 24.8 Å². The lowest BCUT2D eigenvalue weighted by Gasteiger charge is -2.39. The second-order valence-electron chi connectivity index (χ2n) is 6.53. The molecule has 0 aromatic carbocycles. The number of piperidine rings is 1. The molecule has 1 aromatic heterocycles. The van der Waals surface area contributed by atoms with Crippen molar-refractivity contribution in [3.63, 3.8) is 0 Å². The van der Waals surface area contributed by atoms with Crippen LogP contribution in [0.4, 0.5) is 0 Å². The Labute approximate surface area is 141 Å². The Bertz CT molecular complexity index is 675. The molecule has 1 aliphatic rings. The van der Waals surface area contributed by atoms with Crippen LogP contribution in [0.1, 0.15) is 51.9 Å². The molecule has 1 fully saturated rings. The second kappa shape index (κ2) is 6.76. The number of nitrogens with zero attached hydrogens (tertiary/aromatic N) is 1. The normalized spacial score (nSPS) is 20.9. The lowest BCUT2D eigenvalue weighted by Crippen LogP contribution is -2.52. The number of carbonyl (C=O) groups is 3. The molecule has 2 N–H and O–H groups in total. The fraction of sp³-hybridized carbons (Fsp3) is 0.588. The van der Waals surface area contributed by atoms with E-state index in [4.69, 9.17) is 4.74 Å². The Hall–Kier alpha value is -2.15. The molecule has 0 spiro atoms. The maximum absolute atomic E-state index is 12.9. The Balaban J connectivity index is 2.32. The molecule has 0 radical (unpaired) electrons. The lowest BCUT2D eigenvalue weighted by molar-refractivity contribution is -0.155. The summed E-state index contributed by atoms with van der Waals surface area (Å²) in [6.07, 6.45) is 1.07. The molecule has 1 aliphatic heterocycles. The van der Waals surface area contributed by atoms with Gasteiger partial charge in [0.2, 0.25) is 0 Å². The summed E-state index contributed by atoms with van der Waals surface area (Å²) in [5.41, 5.74) is 1.07. The number of carboxylic acids is 1. The number of carbonyl (C=O) groups excluding carboxylic acids is 2. The number of carboxylic acid groups (broad SMARTS) is 1. The highest BCUT2D eigenvalue weighted by atomic mass is 16.5. The summed E-state index contributed by atoms with van der Waals surface area (Å²) < 4.78 is 5.09. The number of H-pyrrole nitrogens is 1. The van der Waals surface area contributed by atoms with Crippen molar-refractivity contribution in [3.05, 3.63) is 22.5 Å². The van der Waals surface area contributed by atoms with Crippen LogP contribution < -0.4 is 0 Å². The molecule has 0 saturated carbocycles. The van der Waals surface area contributed by atoms with E-state index >= 15 is 0 Å². The first kappa shape index (κ1) is 18.2. The number of rotatable bonds is 5.